The highest BCUT2D eigenvalue weighted by Gasteiger charge is 2.02. The van der Waals surface area contributed by atoms with Gasteiger partial charge in [-0.15, -0.1) is 0 Å². The number of aromatic nitrogens is 2. The topological polar surface area (TPSA) is 54.2 Å². The van der Waals surface area contributed by atoms with Gasteiger partial charge in [-0.1, -0.05) is 38.1 Å². The molecule has 0 amide bonds. The van der Waals surface area contributed by atoms with Gasteiger partial charge in [0.15, 0.2) is 5.96 Å². The largest absolute Gasteiger partial charge is 0.356 e. The van der Waals surface area contributed by atoms with Crippen LogP contribution in [-0.4, -0.2) is 29.1 Å². The number of nitrogens with zero attached hydrogens (tertiary/aromatic N) is 3. The highest BCUT2D eigenvalue weighted by atomic mass is 15.2. The summed E-state index contributed by atoms with van der Waals surface area (Å²) in [5.41, 5.74) is 2.52. The Hall–Kier alpha value is -2.30. The molecule has 0 atom stereocenters. The van der Waals surface area contributed by atoms with Gasteiger partial charge in [-0.2, -0.15) is 0 Å². The lowest BCUT2D eigenvalue weighted by Gasteiger charge is -2.13. The maximum Gasteiger partial charge on any atom is 0.191 e. The predicted octanol–water partition coefficient (Wildman–Crippen LogP) is 2.95. The maximum atomic E-state index is 4.28. The van der Waals surface area contributed by atoms with Crippen LogP contribution >= 0.6 is 0 Å². The lowest BCUT2D eigenvalue weighted by Crippen LogP contribution is -2.37. The summed E-state index contributed by atoms with van der Waals surface area (Å²) in [6.45, 7) is 9.03. The van der Waals surface area contributed by atoms with Crippen molar-refractivity contribution in [2.75, 3.05) is 13.6 Å². The number of hydrogen-bond acceptors (Lipinski definition) is 2. The summed E-state index contributed by atoms with van der Waals surface area (Å²) in [6.07, 6.45) is 4.99. The van der Waals surface area contributed by atoms with Crippen molar-refractivity contribution in [3.63, 3.8) is 0 Å². The highest BCUT2D eigenvalue weighted by molar-refractivity contribution is 5.79. The number of benzene rings is 1. The molecule has 0 unspecified atom stereocenters. The first-order valence-corrected chi connectivity index (χ1v) is 8.58. The van der Waals surface area contributed by atoms with Crippen LogP contribution in [0.1, 0.15) is 37.2 Å². The van der Waals surface area contributed by atoms with Gasteiger partial charge in [0.2, 0.25) is 0 Å². The molecule has 0 saturated heterocycles. The minimum atomic E-state index is 0.693. The molecule has 0 aliphatic heterocycles. The normalized spacial score (nSPS) is 11.8. The van der Waals surface area contributed by atoms with Crippen LogP contribution in [0.4, 0.5) is 0 Å². The smallest absolute Gasteiger partial charge is 0.191 e. The molecule has 2 rings (SSSR count). The fourth-order valence-corrected chi connectivity index (χ4v) is 2.49. The molecule has 130 valence electrons. The fraction of sp³-hybridized carbons (Fsp3) is 0.474. The summed E-state index contributed by atoms with van der Waals surface area (Å²) in [4.78, 5) is 8.55. The van der Waals surface area contributed by atoms with E-state index in [4.69, 9.17) is 0 Å². The van der Waals surface area contributed by atoms with Gasteiger partial charge < -0.3 is 15.2 Å². The second-order valence-corrected chi connectivity index (χ2v) is 6.46. The van der Waals surface area contributed by atoms with Crippen molar-refractivity contribution in [2.24, 2.45) is 10.9 Å². The molecular weight excluding hydrogens is 298 g/mol. The van der Waals surface area contributed by atoms with Gasteiger partial charge in [0.25, 0.3) is 0 Å². The van der Waals surface area contributed by atoms with Crippen molar-refractivity contribution >= 4 is 5.96 Å². The Bertz CT molecular complexity index is 657. The van der Waals surface area contributed by atoms with Gasteiger partial charge in [-0.25, -0.2) is 4.98 Å². The van der Waals surface area contributed by atoms with Gasteiger partial charge in [-0.3, -0.25) is 4.99 Å². The van der Waals surface area contributed by atoms with E-state index in [0.29, 0.717) is 5.92 Å². The highest BCUT2D eigenvalue weighted by Crippen LogP contribution is 2.08. The van der Waals surface area contributed by atoms with E-state index in [1.807, 2.05) is 26.4 Å². The van der Waals surface area contributed by atoms with Crippen LogP contribution < -0.4 is 10.6 Å². The van der Waals surface area contributed by atoms with Gasteiger partial charge in [0.05, 0.1) is 0 Å². The molecule has 0 fully saturated rings. The molecule has 5 heteroatoms. The molecular formula is C19H29N5. The van der Waals surface area contributed by atoms with Gasteiger partial charge >= 0.3 is 0 Å². The first-order valence-electron chi connectivity index (χ1n) is 8.58. The van der Waals surface area contributed by atoms with Crippen molar-refractivity contribution in [3.05, 3.63) is 53.6 Å². The van der Waals surface area contributed by atoms with E-state index >= 15 is 0 Å². The van der Waals surface area contributed by atoms with Crippen LogP contribution in [0.5, 0.6) is 0 Å². The summed E-state index contributed by atoms with van der Waals surface area (Å²) in [7, 11) is 1.81. The van der Waals surface area contributed by atoms with E-state index in [0.717, 1.165) is 37.8 Å². The van der Waals surface area contributed by atoms with Crippen molar-refractivity contribution in [1.82, 2.24) is 20.2 Å². The molecule has 0 spiro atoms. The summed E-state index contributed by atoms with van der Waals surface area (Å²) in [6, 6.07) is 8.62. The van der Waals surface area contributed by atoms with Crippen LogP contribution in [0, 0.1) is 12.8 Å². The Morgan fingerprint density at radius 3 is 2.71 bits per heavy atom. The van der Waals surface area contributed by atoms with Crippen molar-refractivity contribution < 1.29 is 0 Å². The molecule has 1 aromatic carbocycles. The molecule has 2 aromatic rings. The zero-order chi connectivity index (χ0) is 17.4. The first kappa shape index (κ1) is 18.0. The third-order valence-corrected chi connectivity index (χ3v) is 3.97. The van der Waals surface area contributed by atoms with Crippen LogP contribution in [0.15, 0.2) is 41.7 Å². The van der Waals surface area contributed by atoms with E-state index in [9.17, 15) is 0 Å². The van der Waals surface area contributed by atoms with E-state index in [1.54, 1.807) is 0 Å². The summed E-state index contributed by atoms with van der Waals surface area (Å²) in [5, 5.41) is 6.73. The molecule has 0 radical (unpaired) electrons. The Labute approximate surface area is 145 Å². The number of imidazole rings is 1. The van der Waals surface area contributed by atoms with Gasteiger partial charge in [0.1, 0.15) is 5.82 Å². The molecule has 0 saturated carbocycles. The van der Waals surface area contributed by atoms with Crippen molar-refractivity contribution in [2.45, 2.75) is 40.3 Å². The predicted molar refractivity (Wildman–Crippen MR) is 100 cm³/mol. The third-order valence-electron chi connectivity index (χ3n) is 3.97. The molecule has 1 heterocycles. The minimum absolute atomic E-state index is 0.693. The average Bonchev–Trinajstić information content (AvgIpc) is 2.96. The van der Waals surface area contributed by atoms with E-state index < -0.39 is 0 Å². The van der Waals surface area contributed by atoms with Gasteiger partial charge in [-0.05, 0) is 30.4 Å². The SMILES string of the molecule is CN=C(NCCC(C)C)NCc1cccc(Cn2ccnc2C)c1. The molecule has 0 bridgehead atoms. The zero-order valence-corrected chi connectivity index (χ0v) is 15.2. The molecule has 1 aromatic heterocycles. The minimum Gasteiger partial charge on any atom is -0.356 e. The quantitative estimate of drug-likeness (QED) is 0.607. The maximum absolute atomic E-state index is 4.28. The number of guanidine groups is 1. The first-order chi connectivity index (χ1) is 11.6. The lowest BCUT2D eigenvalue weighted by atomic mass is 10.1. The van der Waals surface area contributed by atoms with Crippen molar-refractivity contribution in [1.29, 1.82) is 0 Å². The standard InChI is InChI=1S/C19H29N5/c1-15(2)8-9-22-19(20-4)23-13-17-6-5-7-18(12-17)14-24-11-10-21-16(24)3/h5-7,10-12,15H,8-9,13-14H2,1-4H3,(H2,20,22,23). The van der Waals surface area contributed by atoms with Gasteiger partial charge in [0, 0.05) is 39.1 Å². The number of hydrogen-bond donors (Lipinski definition) is 2. The molecule has 24 heavy (non-hydrogen) atoms. The lowest BCUT2D eigenvalue weighted by molar-refractivity contribution is 0.573. The van der Waals surface area contributed by atoms with Crippen LogP contribution in [0.2, 0.25) is 0 Å². The van der Waals surface area contributed by atoms with Crippen LogP contribution in [-0.2, 0) is 13.1 Å². The second-order valence-electron chi connectivity index (χ2n) is 6.46. The Morgan fingerprint density at radius 2 is 2.04 bits per heavy atom. The number of aryl methyl sites for hydroxylation is 1. The zero-order valence-electron chi connectivity index (χ0n) is 15.2. The number of nitrogens with one attached hydrogen (secondary N) is 2. The summed E-state index contributed by atoms with van der Waals surface area (Å²) in [5.74, 6) is 2.58. The molecule has 0 aliphatic rings. The Kier molecular flexibility index (Phi) is 6.85. The van der Waals surface area contributed by atoms with Crippen LogP contribution in [0.3, 0.4) is 0 Å². The Balaban J connectivity index is 1.88. The summed E-state index contributed by atoms with van der Waals surface area (Å²) >= 11 is 0. The number of rotatable bonds is 7. The van der Waals surface area contributed by atoms with Crippen molar-refractivity contribution in [3.8, 4) is 0 Å². The van der Waals surface area contributed by atoms with E-state index in [2.05, 4.69) is 63.3 Å². The average molecular weight is 327 g/mol. The fourth-order valence-electron chi connectivity index (χ4n) is 2.49. The second kappa shape index (κ2) is 9.11. The third kappa shape index (κ3) is 5.72. The van der Waals surface area contributed by atoms with E-state index in [-0.39, 0.29) is 0 Å². The van der Waals surface area contributed by atoms with E-state index in [1.165, 1.54) is 11.1 Å². The molecule has 2 N–H and O–H groups in total. The molecule has 0 aliphatic carbocycles. The monoisotopic (exact) mass is 327 g/mol. The van der Waals surface area contributed by atoms with Crippen LogP contribution in [0.25, 0.3) is 0 Å². The molecule has 5 nitrogen and oxygen atoms in total. The number of aliphatic imine (C=N–C) groups is 1. The summed E-state index contributed by atoms with van der Waals surface area (Å²) < 4.78 is 2.15. The Morgan fingerprint density at radius 1 is 1.25 bits per heavy atom.